The van der Waals surface area contributed by atoms with Crippen molar-refractivity contribution >= 4 is 11.7 Å². The molecule has 0 atom stereocenters. The van der Waals surface area contributed by atoms with Gasteiger partial charge < -0.3 is 10.5 Å². The van der Waals surface area contributed by atoms with E-state index in [1.807, 2.05) is 0 Å². The first kappa shape index (κ1) is 10.3. The van der Waals surface area contributed by atoms with Crippen LogP contribution in [0.3, 0.4) is 0 Å². The number of rotatable bonds is 4. The van der Waals surface area contributed by atoms with E-state index in [0.29, 0.717) is 12.2 Å². The molecule has 0 saturated carbocycles. The van der Waals surface area contributed by atoms with Crippen molar-refractivity contribution in [3.63, 3.8) is 0 Å². The number of ether oxygens (including phenoxy) is 1. The average molecular weight is 195 g/mol. The lowest BCUT2D eigenvalue weighted by Gasteiger charge is -1.96. The van der Waals surface area contributed by atoms with Crippen molar-refractivity contribution in [3.8, 4) is 0 Å². The second-order valence-corrected chi connectivity index (χ2v) is 2.77. The van der Waals surface area contributed by atoms with E-state index in [-0.39, 0.29) is 5.69 Å². The number of hydrogen-bond acceptors (Lipinski definition) is 4. The van der Waals surface area contributed by atoms with Gasteiger partial charge in [-0.3, -0.25) is 4.68 Å². The van der Waals surface area contributed by atoms with Gasteiger partial charge in [0.15, 0.2) is 5.69 Å². The van der Waals surface area contributed by atoms with Crippen LogP contribution in [0.2, 0.25) is 0 Å². The van der Waals surface area contributed by atoms with Gasteiger partial charge in [-0.15, -0.1) is 6.58 Å². The standard InChI is InChI=1S/C9H13N3O2/c1-3-4-5-12-6-7(10)8(11-12)9(13)14-2/h3,6H,1,4-5,10H2,2H3. The summed E-state index contributed by atoms with van der Waals surface area (Å²) >= 11 is 0. The maximum Gasteiger partial charge on any atom is 0.360 e. The molecule has 1 heterocycles. The molecular formula is C9H13N3O2. The molecule has 1 aromatic heterocycles. The molecule has 1 rings (SSSR count). The number of nitrogens with zero attached hydrogens (tertiary/aromatic N) is 2. The molecule has 0 bridgehead atoms. The highest BCUT2D eigenvalue weighted by molar-refractivity contribution is 5.92. The van der Waals surface area contributed by atoms with Gasteiger partial charge in [-0.2, -0.15) is 5.10 Å². The zero-order chi connectivity index (χ0) is 10.6. The SMILES string of the molecule is C=CCCn1cc(N)c(C(=O)OC)n1. The fraction of sp³-hybridized carbons (Fsp3) is 0.333. The molecule has 0 aliphatic carbocycles. The predicted molar refractivity (Wildman–Crippen MR) is 52.8 cm³/mol. The minimum atomic E-state index is -0.514. The van der Waals surface area contributed by atoms with Gasteiger partial charge in [-0.05, 0) is 6.42 Å². The first-order valence-corrected chi connectivity index (χ1v) is 4.21. The maximum atomic E-state index is 11.1. The summed E-state index contributed by atoms with van der Waals surface area (Å²) in [7, 11) is 1.30. The molecule has 0 spiro atoms. The van der Waals surface area contributed by atoms with Crippen LogP contribution in [-0.2, 0) is 11.3 Å². The Balaban J connectivity index is 2.81. The quantitative estimate of drug-likeness (QED) is 0.570. The van der Waals surface area contributed by atoms with Crippen molar-refractivity contribution in [1.82, 2.24) is 9.78 Å². The molecule has 0 saturated heterocycles. The lowest BCUT2D eigenvalue weighted by atomic mass is 10.4. The van der Waals surface area contributed by atoms with E-state index in [1.54, 1.807) is 17.0 Å². The number of aromatic nitrogens is 2. The summed E-state index contributed by atoms with van der Waals surface area (Å²) in [6.07, 6.45) is 4.16. The largest absolute Gasteiger partial charge is 0.464 e. The van der Waals surface area contributed by atoms with Crippen molar-refractivity contribution in [2.45, 2.75) is 13.0 Å². The third-order valence-corrected chi connectivity index (χ3v) is 1.73. The molecule has 2 N–H and O–H groups in total. The minimum Gasteiger partial charge on any atom is -0.464 e. The van der Waals surface area contributed by atoms with E-state index in [0.717, 1.165) is 6.42 Å². The molecule has 0 unspecified atom stereocenters. The lowest BCUT2D eigenvalue weighted by molar-refractivity contribution is 0.0594. The number of carbonyl (C=O) groups excluding carboxylic acids is 1. The Bertz CT molecular complexity index is 344. The van der Waals surface area contributed by atoms with Gasteiger partial charge in [0, 0.05) is 12.7 Å². The van der Waals surface area contributed by atoms with E-state index >= 15 is 0 Å². The molecule has 0 aliphatic rings. The summed E-state index contributed by atoms with van der Waals surface area (Å²) in [5.74, 6) is -0.514. The zero-order valence-electron chi connectivity index (χ0n) is 8.06. The Morgan fingerprint density at radius 2 is 2.57 bits per heavy atom. The molecule has 0 radical (unpaired) electrons. The van der Waals surface area contributed by atoms with Gasteiger partial charge in [-0.1, -0.05) is 6.08 Å². The van der Waals surface area contributed by atoms with Gasteiger partial charge in [-0.25, -0.2) is 4.79 Å². The Morgan fingerprint density at radius 3 is 3.14 bits per heavy atom. The first-order valence-electron chi connectivity index (χ1n) is 4.21. The first-order chi connectivity index (χ1) is 6.69. The second-order valence-electron chi connectivity index (χ2n) is 2.77. The Labute approximate surface area is 82.2 Å². The number of nitrogens with two attached hydrogens (primary N) is 1. The fourth-order valence-electron chi connectivity index (χ4n) is 1.03. The molecule has 0 fully saturated rings. The fourth-order valence-corrected chi connectivity index (χ4v) is 1.03. The summed E-state index contributed by atoms with van der Waals surface area (Å²) < 4.78 is 6.12. The van der Waals surface area contributed by atoms with Crippen molar-refractivity contribution in [3.05, 3.63) is 24.5 Å². The number of allylic oxidation sites excluding steroid dienone is 1. The Morgan fingerprint density at radius 1 is 1.86 bits per heavy atom. The topological polar surface area (TPSA) is 70.1 Å². The Hall–Kier alpha value is -1.78. The van der Waals surface area contributed by atoms with Crippen LogP contribution in [0.15, 0.2) is 18.9 Å². The van der Waals surface area contributed by atoms with E-state index < -0.39 is 5.97 Å². The number of methoxy groups -OCH3 is 1. The summed E-state index contributed by atoms with van der Waals surface area (Å²) in [6.45, 7) is 4.25. The molecular weight excluding hydrogens is 182 g/mol. The zero-order valence-corrected chi connectivity index (χ0v) is 8.06. The van der Waals surface area contributed by atoms with Crippen molar-refractivity contribution in [2.24, 2.45) is 0 Å². The van der Waals surface area contributed by atoms with E-state index in [2.05, 4.69) is 16.4 Å². The molecule has 76 valence electrons. The van der Waals surface area contributed by atoms with Crippen LogP contribution in [0.25, 0.3) is 0 Å². The number of nitrogen functional groups attached to an aromatic ring is 1. The smallest absolute Gasteiger partial charge is 0.360 e. The molecule has 1 aromatic rings. The highest BCUT2D eigenvalue weighted by atomic mass is 16.5. The summed E-state index contributed by atoms with van der Waals surface area (Å²) in [6, 6.07) is 0. The van der Waals surface area contributed by atoms with E-state index in [4.69, 9.17) is 5.73 Å². The summed E-state index contributed by atoms with van der Waals surface area (Å²) in [5.41, 5.74) is 6.08. The van der Waals surface area contributed by atoms with Gasteiger partial charge >= 0.3 is 5.97 Å². The molecule has 5 heteroatoms. The maximum absolute atomic E-state index is 11.1. The molecule has 0 aliphatic heterocycles. The van der Waals surface area contributed by atoms with Gasteiger partial charge in [0.1, 0.15) is 0 Å². The van der Waals surface area contributed by atoms with Gasteiger partial charge in [0.25, 0.3) is 0 Å². The van der Waals surface area contributed by atoms with E-state index in [1.165, 1.54) is 7.11 Å². The highest BCUT2D eigenvalue weighted by Gasteiger charge is 2.14. The predicted octanol–water partition coefficient (Wildman–Crippen LogP) is 0.828. The normalized spacial score (nSPS) is 9.79. The molecule has 0 aromatic carbocycles. The van der Waals surface area contributed by atoms with Gasteiger partial charge in [0.05, 0.1) is 12.8 Å². The van der Waals surface area contributed by atoms with Crippen LogP contribution in [0.5, 0.6) is 0 Å². The van der Waals surface area contributed by atoms with Crippen LogP contribution < -0.4 is 5.73 Å². The summed E-state index contributed by atoms with van der Waals surface area (Å²) in [4.78, 5) is 11.1. The number of hydrogen-bond donors (Lipinski definition) is 1. The average Bonchev–Trinajstić information content (AvgIpc) is 2.55. The monoisotopic (exact) mass is 195 g/mol. The highest BCUT2D eigenvalue weighted by Crippen LogP contribution is 2.10. The lowest BCUT2D eigenvalue weighted by Crippen LogP contribution is -2.06. The number of carbonyl (C=O) groups is 1. The molecule has 5 nitrogen and oxygen atoms in total. The number of esters is 1. The van der Waals surface area contributed by atoms with Gasteiger partial charge in [0.2, 0.25) is 0 Å². The molecule has 0 amide bonds. The number of aryl methyl sites for hydroxylation is 1. The third-order valence-electron chi connectivity index (χ3n) is 1.73. The molecule has 14 heavy (non-hydrogen) atoms. The van der Waals surface area contributed by atoms with E-state index in [9.17, 15) is 4.79 Å². The van der Waals surface area contributed by atoms with Crippen molar-refractivity contribution in [1.29, 1.82) is 0 Å². The van der Waals surface area contributed by atoms with Crippen molar-refractivity contribution in [2.75, 3.05) is 12.8 Å². The third kappa shape index (κ3) is 2.12. The summed E-state index contributed by atoms with van der Waals surface area (Å²) in [5, 5.41) is 3.99. The van der Waals surface area contributed by atoms with Crippen LogP contribution >= 0.6 is 0 Å². The number of anilines is 1. The van der Waals surface area contributed by atoms with Crippen LogP contribution in [0.4, 0.5) is 5.69 Å². The van der Waals surface area contributed by atoms with Crippen molar-refractivity contribution < 1.29 is 9.53 Å². The Kier molecular flexibility index (Phi) is 3.28. The van der Waals surface area contributed by atoms with Crippen LogP contribution in [0, 0.1) is 0 Å². The minimum absolute atomic E-state index is 0.163. The van der Waals surface area contributed by atoms with Crippen LogP contribution in [-0.4, -0.2) is 22.9 Å². The second kappa shape index (κ2) is 4.45. The van der Waals surface area contributed by atoms with Crippen LogP contribution in [0.1, 0.15) is 16.9 Å².